The molecule has 154 valence electrons. The number of methoxy groups -OCH3 is 1. The summed E-state index contributed by atoms with van der Waals surface area (Å²) >= 11 is 13.5. The average molecular weight is 664 g/mol. The molecule has 0 bridgehead atoms. The number of Topliss-reactive ketones (excluding diaryl/α,β-unsaturated/α-hetero) is 1. The number of aliphatic hydroxyl groups is 1. The minimum absolute atomic E-state index is 0.0101. The Balaban J connectivity index is 2.08. The summed E-state index contributed by atoms with van der Waals surface area (Å²) in [5, 5.41) is 10.4. The fourth-order valence-electron chi connectivity index (χ4n) is 3.63. The van der Waals surface area contributed by atoms with Crippen molar-refractivity contribution in [3.05, 3.63) is 82.6 Å². The predicted molar refractivity (Wildman–Crippen MR) is 127 cm³/mol. The van der Waals surface area contributed by atoms with Crippen LogP contribution in [0.25, 0.3) is 5.57 Å². The number of aliphatic hydroxyl groups excluding tert-OH is 1. The van der Waals surface area contributed by atoms with Gasteiger partial charge in [-0.2, -0.15) is 0 Å². The zero-order valence-electron chi connectivity index (χ0n) is 15.2. The van der Waals surface area contributed by atoms with Crippen LogP contribution in [0.1, 0.15) is 15.9 Å². The maximum absolute atomic E-state index is 12.5. The van der Waals surface area contributed by atoms with E-state index in [-0.39, 0.29) is 21.9 Å². The van der Waals surface area contributed by atoms with Crippen LogP contribution in [0, 0.1) is 5.92 Å². The number of allylic oxidation sites excluding steroid dienone is 4. The van der Waals surface area contributed by atoms with Crippen LogP contribution in [-0.2, 0) is 14.3 Å². The summed E-state index contributed by atoms with van der Waals surface area (Å²) in [6, 6.07) is 7.10. The van der Waals surface area contributed by atoms with Crippen LogP contribution in [0.4, 0.5) is 0 Å². The molecule has 1 aromatic rings. The molecule has 1 aliphatic heterocycles. The minimum Gasteiger partial charge on any atom is -0.506 e. The highest BCUT2D eigenvalue weighted by atomic mass is 79.9. The highest BCUT2D eigenvalue weighted by Crippen LogP contribution is 2.51. The van der Waals surface area contributed by atoms with Crippen molar-refractivity contribution in [2.24, 2.45) is 5.92 Å². The topological polar surface area (TPSA) is 72.8 Å². The predicted octanol–water partition coefficient (Wildman–Crippen LogP) is 6.17. The third-order valence-electron chi connectivity index (χ3n) is 4.98. The van der Waals surface area contributed by atoms with Crippen LogP contribution >= 0.6 is 63.7 Å². The van der Waals surface area contributed by atoms with Crippen LogP contribution in [0.2, 0.25) is 0 Å². The normalized spacial score (nSPS) is 23.4. The fourth-order valence-corrected chi connectivity index (χ4v) is 6.20. The van der Waals surface area contributed by atoms with Gasteiger partial charge in [0.2, 0.25) is 5.78 Å². The lowest BCUT2D eigenvalue weighted by molar-refractivity contribution is -0.111. The molecule has 2 unspecified atom stereocenters. The number of rotatable bonds is 2. The number of halogens is 4. The van der Waals surface area contributed by atoms with Gasteiger partial charge >= 0.3 is 5.97 Å². The summed E-state index contributed by atoms with van der Waals surface area (Å²) in [7, 11) is 1.33. The highest BCUT2D eigenvalue weighted by Gasteiger charge is 2.43. The molecular formula is C21H12Br4O5. The smallest absolute Gasteiger partial charge is 0.338 e. The molecule has 0 radical (unpaired) electrons. The molecule has 1 aromatic carbocycles. The Morgan fingerprint density at radius 2 is 1.83 bits per heavy atom. The highest BCUT2D eigenvalue weighted by molar-refractivity contribution is 9.13. The van der Waals surface area contributed by atoms with Gasteiger partial charge in [-0.3, -0.25) is 4.79 Å². The largest absolute Gasteiger partial charge is 0.506 e. The van der Waals surface area contributed by atoms with E-state index in [1.165, 1.54) is 7.11 Å². The van der Waals surface area contributed by atoms with Gasteiger partial charge in [0.15, 0.2) is 0 Å². The molecule has 9 heteroatoms. The first-order valence-electron chi connectivity index (χ1n) is 8.63. The number of benzene rings is 1. The lowest BCUT2D eigenvalue weighted by atomic mass is 9.77. The lowest BCUT2D eigenvalue weighted by Gasteiger charge is -2.39. The van der Waals surface area contributed by atoms with Crippen molar-refractivity contribution in [1.82, 2.24) is 0 Å². The van der Waals surface area contributed by atoms with E-state index in [2.05, 4.69) is 63.7 Å². The number of ketones is 1. The van der Waals surface area contributed by atoms with Crippen LogP contribution in [-0.4, -0.2) is 30.1 Å². The quantitative estimate of drug-likeness (QED) is 0.384. The van der Waals surface area contributed by atoms with E-state index >= 15 is 0 Å². The van der Waals surface area contributed by atoms with Crippen LogP contribution in [0.15, 0.2) is 71.4 Å². The first kappa shape index (κ1) is 21.8. The summed E-state index contributed by atoms with van der Waals surface area (Å²) < 4.78 is 12.7. The number of hydrogen-bond acceptors (Lipinski definition) is 5. The van der Waals surface area contributed by atoms with Gasteiger partial charge in [0.05, 0.1) is 26.1 Å². The molecule has 3 aliphatic rings. The summed E-state index contributed by atoms with van der Waals surface area (Å²) in [4.78, 5) is 25.0. The fraction of sp³-hybridized carbons (Fsp3) is 0.143. The molecule has 1 heterocycles. The second kappa shape index (κ2) is 8.26. The summed E-state index contributed by atoms with van der Waals surface area (Å²) in [5.41, 5.74) is 2.47. The van der Waals surface area contributed by atoms with Crippen molar-refractivity contribution < 1.29 is 24.2 Å². The van der Waals surface area contributed by atoms with Crippen molar-refractivity contribution in [3.63, 3.8) is 0 Å². The summed E-state index contributed by atoms with van der Waals surface area (Å²) in [6.07, 6.45) is 2.89. The van der Waals surface area contributed by atoms with E-state index in [4.69, 9.17) is 9.47 Å². The van der Waals surface area contributed by atoms with Gasteiger partial charge in [-0.15, -0.1) is 0 Å². The second-order valence-corrected chi connectivity index (χ2v) is 9.96. The van der Waals surface area contributed by atoms with Gasteiger partial charge in [-0.05, 0) is 87.0 Å². The molecular weight excluding hydrogens is 652 g/mol. The van der Waals surface area contributed by atoms with Gasteiger partial charge in [0.25, 0.3) is 0 Å². The molecule has 30 heavy (non-hydrogen) atoms. The molecule has 2 aliphatic carbocycles. The molecule has 0 spiro atoms. The number of esters is 1. The third-order valence-corrected chi connectivity index (χ3v) is 7.75. The molecule has 0 saturated heterocycles. The lowest BCUT2D eigenvalue weighted by Crippen LogP contribution is -2.34. The first-order chi connectivity index (χ1) is 14.3. The Hall–Kier alpha value is -1.42. The first-order valence-corrected chi connectivity index (χ1v) is 11.8. The van der Waals surface area contributed by atoms with E-state index in [0.29, 0.717) is 35.9 Å². The number of hydrogen-bond donors (Lipinski definition) is 1. The molecule has 0 fully saturated rings. The van der Waals surface area contributed by atoms with E-state index < -0.39 is 12.1 Å². The second-order valence-electron chi connectivity index (χ2n) is 6.60. The van der Waals surface area contributed by atoms with Crippen LogP contribution in [0.5, 0.6) is 0 Å². The average Bonchev–Trinajstić information content (AvgIpc) is 2.75. The minimum atomic E-state index is -0.628. The number of fused-ring (bicyclic) bond motifs is 2. The molecule has 1 N–H and O–H groups in total. The monoisotopic (exact) mass is 660 g/mol. The van der Waals surface area contributed by atoms with E-state index in [1.54, 1.807) is 18.2 Å². The number of ether oxygens (including phenoxy) is 2. The zero-order valence-corrected chi connectivity index (χ0v) is 21.6. The maximum Gasteiger partial charge on any atom is 0.338 e. The SMILES string of the molecule is COC(=O)c1ccccc1C1=C2C=C(Br)C(=O)C(Br)=C2OC2C(Br)=C(O)C(Br)=CC12. The molecule has 2 atom stereocenters. The van der Waals surface area contributed by atoms with Gasteiger partial charge < -0.3 is 14.6 Å². The van der Waals surface area contributed by atoms with Gasteiger partial charge in [-0.25, -0.2) is 4.79 Å². The summed E-state index contributed by atoms with van der Waals surface area (Å²) in [5.74, 6) is -0.743. The van der Waals surface area contributed by atoms with Gasteiger partial charge in [0.1, 0.15) is 22.1 Å². The van der Waals surface area contributed by atoms with Crippen molar-refractivity contribution in [3.8, 4) is 0 Å². The Kier molecular flexibility index (Phi) is 6.00. The Bertz CT molecular complexity index is 1160. The van der Waals surface area contributed by atoms with Crippen LogP contribution in [0.3, 0.4) is 0 Å². The van der Waals surface area contributed by atoms with Gasteiger partial charge in [-0.1, -0.05) is 24.3 Å². The Labute approximate surface area is 205 Å². The number of carbonyl (C=O) groups excluding carboxylic acids is 2. The number of carbonyl (C=O) groups is 2. The zero-order chi connectivity index (χ0) is 21.7. The van der Waals surface area contributed by atoms with E-state index in [1.807, 2.05) is 18.2 Å². The molecule has 0 aromatic heterocycles. The van der Waals surface area contributed by atoms with Gasteiger partial charge in [0, 0.05) is 11.5 Å². The maximum atomic E-state index is 12.5. The van der Waals surface area contributed by atoms with Crippen molar-refractivity contribution in [2.75, 3.05) is 7.11 Å². The van der Waals surface area contributed by atoms with Crippen LogP contribution < -0.4 is 0 Å². The Morgan fingerprint density at radius 1 is 1.13 bits per heavy atom. The van der Waals surface area contributed by atoms with Crippen molar-refractivity contribution >= 4 is 81.0 Å². The Morgan fingerprint density at radius 3 is 2.53 bits per heavy atom. The molecule has 4 rings (SSSR count). The van der Waals surface area contributed by atoms with Crippen molar-refractivity contribution in [2.45, 2.75) is 6.10 Å². The third kappa shape index (κ3) is 3.39. The van der Waals surface area contributed by atoms with Crippen molar-refractivity contribution in [1.29, 1.82) is 0 Å². The standard InChI is InChI=1S/C21H12Br4O5/c1-29-21(28)9-5-3-2-4-8(9)14-10-6-12(22)17(26)15(24)19(10)30-20-11(14)7-13(23)18(27)16(20)25/h2-7,10,19,26H,1H3. The molecule has 5 nitrogen and oxygen atoms in total. The molecule has 0 amide bonds. The van der Waals surface area contributed by atoms with E-state index in [0.717, 1.165) is 5.57 Å². The molecule has 0 saturated carbocycles. The summed E-state index contributed by atoms with van der Waals surface area (Å²) in [6.45, 7) is 0. The van der Waals surface area contributed by atoms with E-state index in [9.17, 15) is 14.7 Å².